The number of aliphatic hydroxyl groups excluding tert-OH is 1. The van der Waals surface area contributed by atoms with E-state index in [2.05, 4.69) is 0 Å². The van der Waals surface area contributed by atoms with E-state index in [4.69, 9.17) is 14.6 Å². The summed E-state index contributed by atoms with van der Waals surface area (Å²) in [4.78, 5) is 13.2. The number of carbonyl (C=O) groups excluding carboxylic acids is 1. The van der Waals surface area contributed by atoms with Gasteiger partial charge in [0.2, 0.25) is 0 Å². The Balaban J connectivity index is 1.94. The highest BCUT2D eigenvalue weighted by atomic mass is 16.6. The van der Waals surface area contributed by atoms with Gasteiger partial charge in [0.05, 0.1) is 13.7 Å². The second kappa shape index (κ2) is 5.73. The Morgan fingerprint density at radius 2 is 2.17 bits per heavy atom. The Kier molecular flexibility index (Phi) is 4.04. The molecule has 5 heteroatoms. The van der Waals surface area contributed by atoms with Crippen LogP contribution in [0.4, 0.5) is 4.79 Å². The van der Waals surface area contributed by atoms with Crippen LogP contribution in [0.25, 0.3) is 0 Å². The molecule has 2 rings (SSSR count). The molecule has 1 N–H and O–H groups in total. The van der Waals surface area contributed by atoms with Gasteiger partial charge in [-0.15, -0.1) is 0 Å². The summed E-state index contributed by atoms with van der Waals surface area (Å²) >= 11 is 0. The number of rotatable bonds is 5. The topological polar surface area (TPSA) is 59.0 Å². The number of amides is 1. The Bertz CT molecular complexity index is 404. The van der Waals surface area contributed by atoms with Gasteiger partial charge in [-0.25, -0.2) is 4.79 Å². The number of hydrogen-bond donors (Lipinski definition) is 1. The molecule has 0 aromatic heterocycles. The van der Waals surface area contributed by atoms with Crippen molar-refractivity contribution in [3.8, 4) is 5.75 Å². The van der Waals surface area contributed by atoms with Gasteiger partial charge in [-0.3, -0.25) is 0 Å². The molecule has 1 aromatic carbocycles. The van der Waals surface area contributed by atoms with Crippen LogP contribution in [-0.4, -0.2) is 42.5 Å². The SMILES string of the molecule is COc1ccc(CN2CC(CCO)OC2=O)cc1. The van der Waals surface area contributed by atoms with Crippen molar-refractivity contribution in [1.82, 2.24) is 4.90 Å². The second-order valence-corrected chi connectivity index (χ2v) is 4.25. The van der Waals surface area contributed by atoms with E-state index in [0.717, 1.165) is 11.3 Å². The number of ether oxygens (including phenoxy) is 2. The average Bonchev–Trinajstić information content (AvgIpc) is 2.71. The Morgan fingerprint density at radius 3 is 2.78 bits per heavy atom. The molecule has 5 nitrogen and oxygen atoms in total. The van der Waals surface area contributed by atoms with Gasteiger partial charge < -0.3 is 19.5 Å². The van der Waals surface area contributed by atoms with E-state index in [1.165, 1.54) is 0 Å². The van der Waals surface area contributed by atoms with Crippen LogP contribution in [-0.2, 0) is 11.3 Å². The van der Waals surface area contributed by atoms with E-state index < -0.39 is 0 Å². The van der Waals surface area contributed by atoms with E-state index >= 15 is 0 Å². The summed E-state index contributed by atoms with van der Waals surface area (Å²) in [6, 6.07) is 7.57. The fourth-order valence-electron chi connectivity index (χ4n) is 1.95. The lowest BCUT2D eigenvalue weighted by molar-refractivity contribution is 0.117. The van der Waals surface area contributed by atoms with Crippen molar-refractivity contribution in [3.05, 3.63) is 29.8 Å². The highest BCUT2D eigenvalue weighted by Crippen LogP contribution is 2.18. The lowest BCUT2D eigenvalue weighted by atomic mass is 10.2. The molecule has 18 heavy (non-hydrogen) atoms. The highest BCUT2D eigenvalue weighted by molar-refractivity contribution is 5.69. The van der Waals surface area contributed by atoms with Crippen molar-refractivity contribution in [2.24, 2.45) is 0 Å². The Hall–Kier alpha value is -1.75. The Labute approximate surface area is 106 Å². The maximum Gasteiger partial charge on any atom is 0.410 e. The average molecular weight is 251 g/mol. The van der Waals surface area contributed by atoms with Crippen molar-refractivity contribution in [2.75, 3.05) is 20.3 Å². The third kappa shape index (κ3) is 2.92. The number of cyclic esters (lactones) is 1. The molecular weight excluding hydrogens is 234 g/mol. The quantitative estimate of drug-likeness (QED) is 0.859. The number of hydrogen-bond acceptors (Lipinski definition) is 4. The maximum atomic E-state index is 11.6. The lowest BCUT2D eigenvalue weighted by Crippen LogP contribution is -2.24. The van der Waals surface area contributed by atoms with Crippen LogP contribution in [0, 0.1) is 0 Å². The zero-order valence-corrected chi connectivity index (χ0v) is 10.3. The largest absolute Gasteiger partial charge is 0.497 e. The molecule has 1 saturated heterocycles. The molecule has 0 radical (unpaired) electrons. The third-order valence-electron chi connectivity index (χ3n) is 2.93. The molecule has 1 heterocycles. The minimum Gasteiger partial charge on any atom is -0.497 e. The smallest absolute Gasteiger partial charge is 0.410 e. The normalized spacial score (nSPS) is 18.9. The number of carbonyl (C=O) groups is 1. The molecule has 0 saturated carbocycles. The fourth-order valence-corrected chi connectivity index (χ4v) is 1.95. The predicted octanol–water partition coefficient (Wildman–Crippen LogP) is 1.40. The standard InChI is InChI=1S/C13H17NO4/c1-17-11-4-2-10(3-5-11)8-14-9-12(6-7-15)18-13(14)16/h2-5,12,15H,6-9H2,1H3. The summed E-state index contributed by atoms with van der Waals surface area (Å²) < 4.78 is 10.2. The molecule has 98 valence electrons. The van der Waals surface area contributed by atoms with Crippen LogP contribution in [0.2, 0.25) is 0 Å². The fraction of sp³-hybridized carbons (Fsp3) is 0.462. The van der Waals surface area contributed by atoms with E-state index in [0.29, 0.717) is 19.5 Å². The molecule has 1 aromatic rings. The van der Waals surface area contributed by atoms with Crippen LogP contribution in [0.1, 0.15) is 12.0 Å². The minimum atomic E-state index is -0.315. The van der Waals surface area contributed by atoms with Gasteiger partial charge in [0.1, 0.15) is 11.9 Å². The van der Waals surface area contributed by atoms with Crippen molar-refractivity contribution in [3.63, 3.8) is 0 Å². The van der Waals surface area contributed by atoms with E-state index in [1.54, 1.807) is 12.0 Å². The summed E-state index contributed by atoms with van der Waals surface area (Å²) in [6.45, 7) is 1.09. The minimum absolute atomic E-state index is 0.0360. The van der Waals surface area contributed by atoms with E-state index in [-0.39, 0.29) is 18.8 Å². The van der Waals surface area contributed by atoms with Gasteiger partial charge in [-0.2, -0.15) is 0 Å². The van der Waals surface area contributed by atoms with Gasteiger partial charge in [0, 0.05) is 19.6 Å². The lowest BCUT2D eigenvalue weighted by Gasteiger charge is -2.13. The van der Waals surface area contributed by atoms with Crippen molar-refractivity contribution in [1.29, 1.82) is 0 Å². The maximum absolute atomic E-state index is 11.6. The van der Waals surface area contributed by atoms with Crippen molar-refractivity contribution >= 4 is 6.09 Å². The van der Waals surface area contributed by atoms with Crippen LogP contribution < -0.4 is 4.74 Å². The molecule has 1 aliphatic heterocycles. The first-order valence-corrected chi connectivity index (χ1v) is 5.92. The first-order chi connectivity index (χ1) is 8.72. The summed E-state index contributed by atoms with van der Waals surface area (Å²) in [5, 5.41) is 8.82. The molecule has 1 atom stereocenters. The van der Waals surface area contributed by atoms with E-state index in [9.17, 15) is 4.79 Å². The zero-order valence-electron chi connectivity index (χ0n) is 10.3. The van der Waals surface area contributed by atoms with Crippen LogP contribution in [0.3, 0.4) is 0 Å². The first kappa shape index (κ1) is 12.7. The summed E-state index contributed by atoms with van der Waals surface area (Å²) in [6.07, 6.45) is -0.0183. The van der Waals surface area contributed by atoms with Gasteiger partial charge in [-0.1, -0.05) is 12.1 Å². The molecule has 1 fully saturated rings. The van der Waals surface area contributed by atoms with Gasteiger partial charge in [0.25, 0.3) is 0 Å². The number of methoxy groups -OCH3 is 1. The summed E-state index contributed by atoms with van der Waals surface area (Å²) in [5.41, 5.74) is 1.03. The molecule has 1 unspecified atom stereocenters. The van der Waals surface area contributed by atoms with Crippen LogP contribution >= 0.6 is 0 Å². The van der Waals surface area contributed by atoms with E-state index in [1.807, 2.05) is 24.3 Å². The van der Waals surface area contributed by atoms with Crippen molar-refractivity contribution < 1.29 is 19.4 Å². The summed E-state index contributed by atoms with van der Waals surface area (Å²) in [5.74, 6) is 0.793. The van der Waals surface area contributed by atoms with Crippen LogP contribution in [0.5, 0.6) is 5.75 Å². The second-order valence-electron chi connectivity index (χ2n) is 4.25. The van der Waals surface area contributed by atoms with Gasteiger partial charge in [0.15, 0.2) is 0 Å². The molecule has 1 aliphatic rings. The zero-order chi connectivity index (χ0) is 13.0. The highest BCUT2D eigenvalue weighted by Gasteiger charge is 2.30. The number of benzene rings is 1. The molecule has 0 spiro atoms. The molecular formula is C13H17NO4. The molecule has 0 aliphatic carbocycles. The number of aliphatic hydroxyl groups is 1. The van der Waals surface area contributed by atoms with Gasteiger partial charge in [-0.05, 0) is 17.7 Å². The van der Waals surface area contributed by atoms with Crippen LogP contribution in [0.15, 0.2) is 24.3 Å². The third-order valence-corrected chi connectivity index (χ3v) is 2.93. The molecule has 0 bridgehead atoms. The predicted molar refractivity (Wildman–Crippen MR) is 65.4 cm³/mol. The number of nitrogens with zero attached hydrogens (tertiary/aromatic N) is 1. The van der Waals surface area contributed by atoms with Crippen molar-refractivity contribution in [2.45, 2.75) is 19.1 Å². The molecule has 1 amide bonds. The Morgan fingerprint density at radius 1 is 1.44 bits per heavy atom. The van der Waals surface area contributed by atoms with Gasteiger partial charge >= 0.3 is 6.09 Å². The summed E-state index contributed by atoms with van der Waals surface area (Å²) in [7, 11) is 1.62. The monoisotopic (exact) mass is 251 g/mol. The first-order valence-electron chi connectivity index (χ1n) is 5.92.